The number of ether oxygens (including phenoxy) is 4. The van der Waals surface area contributed by atoms with Crippen molar-refractivity contribution >= 4 is 29.0 Å². The number of halogens is 3. The molecule has 0 unspecified atom stereocenters. The molecule has 39 heavy (non-hydrogen) atoms. The van der Waals surface area contributed by atoms with Crippen LogP contribution in [0.2, 0.25) is 0 Å². The Labute approximate surface area is 233 Å². The minimum Gasteiger partial charge on any atom is -0.358 e. The quantitative estimate of drug-likeness (QED) is 0.193. The number of hydrogen-bond donors (Lipinski definition) is 3. The number of hydrazine groups is 1. The van der Waals surface area contributed by atoms with E-state index in [1.165, 1.54) is 29.5 Å². The summed E-state index contributed by atoms with van der Waals surface area (Å²) in [5, 5.41) is 0.961. The smallest absolute Gasteiger partial charge is 0.172 e. The molecule has 3 heterocycles. The summed E-state index contributed by atoms with van der Waals surface area (Å²) in [6.45, 7) is 6.82. The van der Waals surface area contributed by atoms with Crippen molar-refractivity contribution in [3.8, 4) is 0 Å². The summed E-state index contributed by atoms with van der Waals surface area (Å²) < 4.78 is 48.2. The SMILES string of the molecule is C=C1CCC2(CC1)OCCO2.Cl.Fc1ccc2[nH]c3c(c2c1)CC1(CC3)OCCO1.NNc1ccc(F)cc1. The van der Waals surface area contributed by atoms with Gasteiger partial charge >= 0.3 is 0 Å². The van der Waals surface area contributed by atoms with Crippen LogP contribution in [0, 0.1) is 11.6 Å². The molecule has 7 rings (SSSR count). The van der Waals surface area contributed by atoms with E-state index in [1.54, 1.807) is 24.3 Å². The number of fused-ring (bicyclic) bond motifs is 3. The molecule has 0 bridgehead atoms. The first-order valence-electron chi connectivity index (χ1n) is 13.1. The number of aryl methyl sites for hydroxylation is 1. The number of H-pyrrole nitrogens is 1. The van der Waals surface area contributed by atoms with Gasteiger partial charge in [0.25, 0.3) is 0 Å². The number of aromatic nitrogens is 1. The van der Waals surface area contributed by atoms with Gasteiger partial charge in [0.05, 0.1) is 26.4 Å². The lowest BCUT2D eigenvalue weighted by atomic mass is 9.90. The molecular formula is C29H36ClF2N3O4. The van der Waals surface area contributed by atoms with Gasteiger partial charge in [0.2, 0.25) is 0 Å². The summed E-state index contributed by atoms with van der Waals surface area (Å²) in [4.78, 5) is 3.37. The first-order valence-corrected chi connectivity index (χ1v) is 13.1. The first-order chi connectivity index (χ1) is 18.4. The Morgan fingerprint density at radius 2 is 1.36 bits per heavy atom. The maximum Gasteiger partial charge on any atom is 0.172 e. The first kappa shape index (κ1) is 29.5. The molecule has 2 spiro atoms. The van der Waals surface area contributed by atoms with Crippen molar-refractivity contribution in [2.45, 2.75) is 56.5 Å². The molecule has 10 heteroatoms. The Hall–Kier alpha value is -2.53. The molecular weight excluding hydrogens is 528 g/mol. The number of aromatic amines is 1. The molecule has 2 aliphatic carbocycles. The molecule has 4 aliphatic rings. The number of anilines is 1. The van der Waals surface area contributed by atoms with Crippen molar-refractivity contribution in [1.29, 1.82) is 0 Å². The van der Waals surface area contributed by atoms with Gasteiger partial charge in [-0.05, 0) is 67.3 Å². The van der Waals surface area contributed by atoms with Crippen LogP contribution in [0.1, 0.15) is 43.4 Å². The Kier molecular flexibility index (Phi) is 9.64. The van der Waals surface area contributed by atoms with E-state index in [0.717, 1.165) is 68.2 Å². The highest BCUT2D eigenvalue weighted by atomic mass is 35.5. The van der Waals surface area contributed by atoms with E-state index in [9.17, 15) is 8.78 Å². The number of nitrogen functional groups attached to an aromatic ring is 1. The second-order valence-electron chi connectivity index (χ2n) is 10.1. The molecule has 1 aromatic heterocycles. The molecule has 1 saturated carbocycles. The summed E-state index contributed by atoms with van der Waals surface area (Å²) in [5.41, 5.74) is 7.78. The van der Waals surface area contributed by atoms with E-state index in [0.29, 0.717) is 25.3 Å². The van der Waals surface area contributed by atoms with Crippen molar-refractivity contribution in [2.24, 2.45) is 5.84 Å². The molecule has 2 aliphatic heterocycles. The number of nitrogens with two attached hydrogens (primary N) is 1. The molecule has 3 fully saturated rings. The zero-order chi connectivity index (χ0) is 26.6. The minimum atomic E-state index is -0.464. The summed E-state index contributed by atoms with van der Waals surface area (Å²) in [6.07, 6.45) is 6.63. The van der Waals surface area contributed by atoms with Crippen LogP contribution in [-0.2, 0) is 31.8 Å². The zero-order valence-corrected chi connectivity index (χ0v) is 22.7. The van der Waals surface area contributed by atoms with E-state index in [4.69, 9.17) is 24.8 Å². The van der Waals surface area contributed by atoms with Crippen LogP contribution in [0.5, 0.6) is 0 Å². The molecule has 7 nitrogen and oxygen atoms in total. The summed E-state index contributed by atoms with van der Waals surface area (Å²) >= 11 is 0. The lowest BCUT2D eigenvalue weighted by molar-refractivity contribution is -0.171. The van der Waals surface area contributed by atoms with Crippen molar-refractivity contribution < 1.29 is 27.7 Å². The number of hydrogen-bond acceptors (Lipinski definition) is 6. The van der Waals surface area contributed by atoms with Gasteiger partial charge in [-0.2, -0.15) is 0 Å². The van der Waals surface area contributed by atoms with Crippen LogP contribution in [0.15, 0.2) is 54.6 Å². The van der Waals surface area contributed by atoms with Crippen LogP contribution in [0.3, 0.4) is 0 Å². The van der Waals surface area contributed by atoms with Gasteiger partial charge in [0.1, 0.15) is 11.6 Å². The molecule has 4 N–H and O–H groups in total. The minimum absolute atomic E-state index is 0. The fourth-order valence-corrected chi connectivity index (χ4v) is 5.42. The van der Waals surface area contributed by atoms with Crippen LogP contribution >= 0.6 is 12.4 Å². The number of benzene rings is 2. The number of nitrogens with one attached hydrogen (secondary N) is 2. The van der Waals surface area contributed by atoms with Gasteiger partial charge < -0.3 is 29.4 Å². The predicted octanol–water partition coefficient (Wildman–Crippen LogP) is 5.93. The van der Waals surface area contributed by atoms with Crippen molar-refractivity contribution in [2.75, 3.05) is 31.9 Å². The standard InChI is InChI=1S/C14H14FNO2.C9H14O2.C6H7FN2.ClH/c15-9-1-2-12-10(7-9)11-8-14(17-5-6-18-14)4-3-13(11)16-12;1-8-2-4-9(5-3-8)10-6-7-11-9;7-5-1-3-6(9-8)4-2-5;/h1-2,7,16H,3-6,8H2;1-7H2;1-4,9H,8H2;1H. The second kappa shape index (κ2) is 12.8. The van der Waals surface area contributed by atoms with E-state index in [2.05, 4.69) is 17.0 Å². The van der Waals surface area contributed by atoms with E-state index in [1.807, 2.05) is 0 Å². The van der Waals surface area contributed by atoms with Crippen LogP contribution in [0.4, 0.5) is 14.5 Å². The number of rotatable bonds is 1. The van der Waals surface area contributed by atoms with Gasteiger partial charge in [0.15, 0.2) is 11.6 Å². The third kappa shape index (κ3) is 6.98. The predicted molar refractivity (Wildman–Crippen MR) is 149 cm³/mol. The average Bonchev–Trinajstić information content (AvgIpc) is 3.67. The van der Waals surface area contributed by atoms with E-state index < -0.39 is 5.79 Å². The Morgan fingerprint density at radius 3 is 1.97 bits per heavy atom. The molecule has 0 amide bonds. The second-order valence-corrected chi connectivity index (χ2v) is 10.1. The third-order valence-electron chi connectivity index (χ3n) is 7.52. The highest BCUT2D eigenvalue weighted by molar-refractivity contribution is 5.85. The fourth-order valence-electron chi connectivity index (χ4n) is 5.42. The average molecular weight is 564 g/mol. The Bertz CT molecular complexity index is 1240. The van der Waals surface area contributed by atoms with E-state index in [-0.39, 0.29) is 29.8 Å². The maximum atomic E-state index is 13.4. The van der Waals surface area contributed by atoms with Crippen molar-refractivity contribution in [1.82, 2.24) is 4.98 Å². The molecule has 0 radical (unpaired) electrons. The molecule has 0 atom stereocenters. The van der Waals surface area contributed by atoms with Gasteiger partial charge in [0, 0.05) is 48.0 Å². The maximum absolute atomic E-state index is 13.4. The number of allylic oxidation sites excluding steroid dienone is 1. The van der Waals surface area contributed by atoms with Gasteiger partial charge in [-0.15, -0.1) is 12.4 Å². The highest BCUT2D eigenvalue weighted by Crippen LogP contribution is 2.39. The van der Waals surface area contributed by atoms with Crippen molar-refractivity contribution in [3.05, 3.63) is 77.5 Å². The summed E-state index contributed by atoms with van der Waals surface area (Å²) in [6, 6.07) is 10.7. The molecule has 212 valence electrons. The summed E-state index contributed by atoms with van der Waals surface area (Å²) in [7, 11) is 0. The lowest BCUT2D eigenvalue weighted by Crippen LogP contribution is -2.36. The topological polar surface area (TPSA) is 90.8 Å². The zero-order valence-electron chi connectivity index (χ0n) is 21.9. The lowest BCUT2D eigenvalue weighted by Gasteiger charge is -2.32. The van der Waals surface area contributed by atoms with Crippen molar-refractivity contribution in [3.63, 3.8) is 0 Å². The van der Waals surface area contributed by atoms with E-state index >= 15 is 0 Å². The Morgan fingerprint density at radius 1 is 0.795 bits per heavy atom. The largest absolute Gasteiger partial charge is 0.358 e. The monoisotopic (exact) mass is 563 g/mol. The normalized spacial score (nSPS) is 20.4. The Balaban J connectivity index is 0.000000145. The summed E-state index contributed by atoms with van der Waals surface area (Å²) in [5.74, 6) is 3.90. The molecule has 2 saturated heterocycles. The third-order valence-corrected chi connectivity index (χ3v) is 7.52. The van der Waals surface area contributed by atoms with Crippen LogP contribution in [0.25, 0.3) is 10.9 Å². The molecule has 3 aromatic rings. The molecule has 2 aromatic carbocycles. The van der Waals surface area contributed by atoms with Gasteiger partial charge in [-0.3, -0.25) is 5.84 Å². The van der Waals surface area contributed by atoms with Gasteiger partial charge in [-0.25, -0.2) is 8.78 Å². The fraction of sp³-hybridized carbons (Fsp3) is 0.448. The van der Waals surface area contributed by atoms with Gasteiger partial charge in [-0.1, -0.05) is 12.2 Å². The highest BCUT2D eigenvalue weighted by Gasteiger charge is 2.41. The van der Waals surface area contributed by atoms with Crippen LogP contribution < -0.4 is 11.3 Å². The van der Waals surface area contributed by atoms with Crippen LogP contribution in [-0.4, -0.2) is 43.0 Å².